The molecule has 5 rings (SSSR count). The zero-order chi connectivity index (χ0) is 24.2. The molecular weight excluding hydrogens is 444 g/mol. The summed E-state index contributed by atoms with van der Waals surface area (Å²) >= 11 is 0. The fourth-order valence-corrected chi connectivity index (χ4v) is 3.78. The van der Waals surface area contributed by atoms with E-state index in [0.29, 0.717) is 42.2 Å². The number of aryl methyl sites for hydroxylation is 1. The Morgan fingerprint density at radius 1 is 0.943 bits per heavy atom. The van der Waals surface area contributed by atoms with Crippen LogP contribution in [0.1, 0.15) is 11.3 Å². The lowest BCUT2D eigenvalue weighted by Gasteiger charge is -2.36. The number of likely N-dealkylation sites (tertiary alicyclic amines) is 1. The molecule has 0 spiro atoms. The van der Waals surface area contributed by atoms with Gasteiger partial charge < -0.3 is 15.7 Å². The SMILES string of the molecule is Cc1cccc(-c2nccc(Nc3ccnc(Nc4ccc(CN5CC(C(=O)O)C5)cc4)n3)n2)n1. The first-order chi connectivity index (χ1) is 17.0. The minimum Gasteiger partial charge on any atom is -0.481 e. The molecule has 35 heavy (non-hydrogen) atoms. The van der Waals surface area contributed by atoms with Gasteiger partial charge in [-0.2, -0.15) is 4.98 Å². The van der Waals surface area contributed by atoms with Crippen LogP contribution in [-0.4, -0.2) is 54.0 Å². The van der Waals surface area contributed by atoms with Gasteiger partial charge in [0.2, 0.25) is 5.95 Å². The third kappa shape index (κ3) is 5.56. The van der Waals surface area contributed by atoms with Gasteiger partial charge in [0.25, 0.3) is 0 Å². The Bertz CT molecular complexity index is 1340. The predicted octanol–water partition coefficient (Wildman–Crippen LogP) is 3.64. The number of hydrogen-bond donors (Lipinski definition) is 3. The molecule has 0 unspecified atom stereocenters. The third-order valence-electron chi connectivity index (χ3n) is 5.61. The highest BCUT2D eigenvalue weighted by atomic mass is 16.4. The molecule has 3 N–H and O–H groups in total. The fraction of sp³-hybridized carbons (Fsp3) is 0.200. The fourth-order valence-electron chi connectivity index (χ4n) is 3.78. The van der Waals surface area contributed by atoms with Crippen LogP contribution in [0.15, 0.2) is 67.0 Å². The number of carboxylic acid groups (broad SMARTS) is 1. The van der Waals surface area contributed by atoms with Gasteiger partial charge in [0, 0.05) is 43.4 Å². The van der Waals surface area contributed by atoms with Crippen LogP contribution >= 0.6 is 0 Å². The number of nitrogens with zero attached hydrogens (tertiary/aromatic N) is 6. The lowest BCUT2D eigenvalue weighted by Crippen LogP contribution is -2.49. The van der Waals surface area contributed by atoms with E-state index in [9.17, 15) is 4.79 Å². The second-order valence-electron chi connectivity index (χ2n) is 8.37. The van der Waals surface area contributed by atoms with Crippen LogP contribution in [-0.2, 0) is 11.3 Å². The molecular formula is C25H24N8O2. The molecule has 10 heteroatoms. The summed E-state index contributed by atoms with van der Waals surface area (Å²) in [4.78, 5) is 35.2. The van der Waals surface area contributed by atoms with E-state index in [1.807, 2.05) is 49.4 Å². The summed E-state index contributed by atoms with van der Waals surface area (Å²) in [6.45, 7) is 3.85. The minimum atomic E-state index is -0.721. The summed E-state index contributed by atoms with van der Waals surface area (Å²) in [6.07, 6.45) is 3.34. The van der Waals surface area contributed by atoms with E-state index in [0.717, 1.165) is 23.5 Å². The van der Waals surface area contributed by atoms with E-state index < -0.39 is 5.97 Å². The molecule has 4 aromatic rings. The zero-order valence-corrected chi connectivity index (χ0v) is 19.1. The molecule has 1 aliphatic rings. The molecule has 0 bridgehead atoms. The largest absolute Gasteiger partial charge is 0.481 e. The van der Waals surface area contributed by atoms with Crippen molar-refractivity contribution in [3.05, 3.63) is 78.2 Å². The highest BCUT2D eigenvalue weighted by Gasteiger charge is 2.32. The molecule has 0 atom stereocenters. The first kappa shape index (κ1) is 22.4. The maximum atomic E-state index is 10.9. The average Bonchev–Trinajstić information content (AvgIpc) is 2.82. The number of pyridine rings is 1. The smallest absolute Gasteiger partial charge is 0.309 e. The Labute approximate surface area is 202 Å². The number of hydrogen-bond acceptors (Lipinski definition) is 9. The molecule has 1 aromatic carbocycles. The summed E-state index contributed by atoms with van der Waals surface area (Å²) in [5.41, 5.74) is 3.58. The predicted molar refractivity (Wildman–Crippen MR) is 131 cm³/mol. The lowest BCUT2D eigenvalue weighted by atomic mass is 9.99. The van der Waals surface area contributed by atoms with Gasteiger partial charge in [-0.05, 0) is 48.9 Å². The van der Waals surface area contributed by atoms with Gasteiger partial charge in [-0.3, -0.25) is 9.69 Å². The maximum absolute atomic E-state index is 10.9. The third-order valence-corrected chi connectivity index (χ3v) is 5.61. The second-order valence-corrected chi connectivity index (χ2v) is 8.37. The van der Waals surface area contributed by atoms with E-state index in [4.69, 9.17) is 5.11 Å². The molecule has 0 radical (unpaired) electrons. The van der Waals surface area contributed by atoms with Crippen molar-refractivity contribution in [3.63, 3.8) is 0 Å². The van der Waals surface area contributed by atoms with Crippen LogP contribution in [0.2, 0.25) is 0 Å². The number of carbonyl (C=O) groups is 1. The molecule has 4 heterocycles. The highest BCUT2D eigenvalue weighted by molar-refractivity contribution is 5.71. The van der Waals surface area contributed by atoms with Gasteiger partial charge in [-0.1, -0.05) is 18.2 Å². The second kappa shape index (κ2) is 9.82. The topological polar surface area (TPSA) is 129 Å². The molecule has 0 saturated carbocycles. The molecule has 10 nitrogen and oxygen atoms in total. The van der Waals surface area contributed by atoms with Gasteiger partial charge in [0.05, 0.1) is 5.92 Å². The van der Waals surface area contributed by atoms with Crippen molar-refractivity contribution in [2.45, 2.75) is 13.5 Å². The minimum absolute atomic E-state index is 0.248. The number of carboxylic acids is 1. The summed E-state index contributed by atoms with van der Waals surface area (Å²) < 4.78 is 0. The van der Waals surface area contributed by atoms with Crippen molar-refractivity contribution in [1.29, 1.82) is 0 Å². The number of aliphatic carboxylic acids is 1. The highest BCUT2D eigenvalue weighted by Crippen LogP contribution is 2.22. The van der Waals surface area contributed by atoms with Crippen molar-refractivity contribution in [3.8, 4) is 11.5 Å². The van der Waals surface area contributed by atoms with E-state index in [1.165, 1.54) is 0 Å². The van der Waals surface area contributed by atoms with Crippen LogP contribution in [0, 0.1) is 12.8 Å². The van der Waals surface area contributed by atoms with Crippen molar-refractivity contribution < 1.29 is 9.90 Å². The van der Waals surface area contributed by atoms with Crippen LogP contribution in [0.4, 0.5) is 23.3 Å². The Balaban J connectivity index is 1.21. The monoisotopic (exact) mass is 468 g/mol. The lowest BCUT2D eigenvalue weighted by molar-refractivity contribution is -0.147. The van der Waals surface area contributed by atoms with Gasteiger partial charge in [0.15, 0.2) is 5.82 Å². The van der Waals surface area contributed by atoms with E-state index >= 15 is 0 Å². The number of anilines is 4. The normalized spacial score (nSPS) is 13.7. The van der Waals surface area contributed by atoms with Gasteiger partial charge in [-0.15, -0.1) is 0 Å². The quantitative estimate of drug-likeness (QED) is 0.352. The number of rotatable bonds is 8. The summed E-state index contributed by atoms with van der Waals surface area (Å²) in [5.74, 6) is 1.20. The zero-order valence-electron chi connectivity index (χ0n) is 19.1. The molecule has 1 saturated heterocycles. The van der Waals surface area contributed by atoms with Crippen LogP contribution in [0.25, 0.3) is 11.5 Å². The van der Waals surface area contributed by atoms with E-state index in [-0.39, 0.29) is 5.92 Å². The molecule has 1 aliphatic heterocycles. The Morgan fingerprint density at radius 2 is 1.69 bits per heavy atom. The molecule has 1 fully saturated rings. The first-order valence-corrected chi connectivity index (χ1v) is 11.2. The summed E-state index contributed by atoms with van der Waals surface area (Å²) in [5, 5.41) is 15.4. The molecule has 176 valence electrons. The van der Waals surface area contributed by atoms with Gasteiger partial charge in [0.1, 0.15) is 17.3 Å². The van der Waals surface area contributed by atoms with E-state index in [1.54, 1.807) is 24.5 Å². The van der Waals surface area contributed by atoms with Gasteiger partial charge in [-0.25, -0.2) is 19.9 Å². The van der Waals surface area contributed by atoms with Crippen molar-refractivity contribution in [2.24, 2.45) is 5.92 Å². The molecule has 3 aromatic heterocycles. The van der Waals surface area contributed by atoms with Crippen LogP contribution < -0.4 is 10.6 Å². The standard InChI is InChI=1S/C25H24N8O2/c1-16-3-2-4-20(28-16)23-26-11-9-21(31-23)30-22-10-12-27-25(32-22)29-19-7-5-17(6-8-19)13-33-14-18(15-33)24(34)35/h2-12,18H,13-15H2,1H3,(H,34,35)(H2,26,27,29,30,31,32). The average molecular weight is 469 g/mol. The van der Waals surface area contributed by atoms with Gasteiger partial charge >= 0.3 is 5.97 Å². The van der Waals surface area contributed by atoms with Crippen molar-refractivity contribution >= 4 is 29.2 Å². The number of benzene rings is 1. The van der Waals surface area contributed by atoms with Crippen LogP contribution in [0.3, 0.4) is 0 Å². The Morgan fingerprint density at radius 3 is 2.43 bits per heavy atom. The Kier molecular flexibility index (Phi) is 6.27. The number of nitrogens with one attached hydrogen (secondary N) is 2. The number of aromatic nitrogens is 5. The first-order valence-electron chi connectivity index (χ1n) is 11.2. The summed E-state index contributed by atoms with van der Waals surface area (Å²) in [7, 11) is 0. The van der Waals surface area contributed by atoms with Crippen molar-refractivity contribution in [2.75, 3.05) is 23.7 Å². The van der Waals surface area contributed by atoms with Crippen molar-refractivity contribution in [1.82, 2.24) is 29.8 Å². The van der Waals surface area contributed by atoms with Crippen LogP contribution in [0.5, 0.6) is 0 Å². The molecule has 0 aliphatic carbocycles. The van der Waals surface area contributed by atoms with E-state index in [2.05, 4.69) is 40.5 Å². The molecule has 0 amide bonds. The summed E-state index contributed by atoms with van der Waals surface area (Å²) in [6, 6.07) is 17.2. The Hall–Kier alpha value is -4.44. The maximum Gasteiger partial charge on any atom is 0.309 e.